The Balaban J connectivity index is 2.90. The lowest BCUT2D eigenvalue weighted by atomic mass is 10.1. The highest BCUT2D eigenvalue weighted by Gasteiger charge is 2.16. The van der Waals surface area contributed by atoms with Gasteiger partial charge < -0.3 is 10.2 Å². The van der Waals surface area contributed by atoms with E-state index in [0.717, 1.165) is 11.0 Å². The van der Waals surface area contributed by atoms with Crippen molar-refractivity contribution in [1.82, 2.24) is 5.32 Å². The minimum atomic E-state index is 0.132. The second-order valence-corrected chi connectivity index (χ2v) is 8.52. The Morgan fingerprint density at radius 2 is 2.00 bits per heavy atom. The Morgan fingerprint density at radius 1 is 1.33 bits per heavy atom. The monoisotopic (exact) mass is 372 g/mol. The highest BCUT2D eigenvalue weighted by atomic mass is 79.9. The summed E-state index contributed by atoms with van der Waals surface area (Å²) < 4.78 is 1.14. The van der Waals surface area contributed by atoms with Crippen LogP contribution in [-0.4, -0.2) is 30.6 Å². The molecule has 120 valence electrons. The van der Waals surface area contributed by atoms with Crippen LogP contribution in [0.1, 0.15) is 39.7 Å². The first-order valence-corrected chi connectivity index (χ1v) is 9.68. The van der Waals surface area contributed by atoms with Gasteiger partial charge in [0, 0.05) is 35.3 Å². The second kappa shape index (κ2) is 8.44. The number of anilines is 1. The van der Waals surface area contributed by atoms with Crippen LogP contribution in [0.3, 0.4) is 0 Å². The van der Waals surface area contributed by atoms with Crippen LogP contribution in [0.4, 0.5) is 5.69 Å². The highest BCUT2D eigenvalue weighted by molar-refractivity contribution is 9.10. The highest BCUT2D eigenvalue weighted by Crippen LogP contribution is 2.27. The minimum absolute atomic E-state index is 0.132. The summed E-state index contributed by atoms with van der Waals surface area (Å²) in [5.74, 6) is 1.20. The number of nitrogens with zero attached hydrogens (tertiary/aromatic N) is 1. The molecule has 0 saturated carbocycles. The Bertz CT molecular complexity index is 443. The van der Waals surface area contributed by atoms with Gasteiger partial charge in [-0.25, -0.2) is 0 Å². The predicted molar refractivity (Wildman–Crippen MR) is 102 cm³/mol. The van der Waals surface area contributed by atoms with Crippen LogP contribution >= 0.6 is 27.7 Å². The van der Waals surface area contributed by atoms with Gasteiger partial charge in [-0.05, 0) is 63.8 Å². The molecule has 0 spiro atoms. The van der Waals surface area contributed by atoms with Crippen molar-refractivity contribution in [2.75, 3.05) is 24.0 Å². The number of thioether (sulfide) groups is 1. The lowest BCUT2D eigenvalue weighted by Crippen LogP contribution is -2.36. The van der Waals surface area contributed by atoms with Crippen molar-refractivity contribution < 1.29 is 0 Å². The summed E-state index contributed by atoms with van der Waals surface area (Å²) in [5.41, 5.74) is 2.80. The third kappa shape index (κ3) is 6.62. The zero-order valence-corrected chi connectivity index (χ0v) is 16.6. The van der Waals surface area contributed by atoms with E-state index < -0.39 is 0 Å². The largest absolute Gasteiger partial charge is 0.372 e. The summed E-state index contributed by atoms with van der Waals surface area (Å²) in [6.45, 7) is 9.81. The van der Waals surface area contributed by atoms with Gasteiger partial charge in [-0.3, -0.25) is 0 Å². The zero-order chi connectivity index (χ0) is 16.0. The number of halogens is 1. The van der Waals surface area contributed by atoms with Crippen molar-refractivity contribution in [2.24, 2.45) is 0 Å². The van der Waals surface area contributed by atoms with Crippen molar-refractivity contribution >= 4 is 33.4 Å². The maximum atomic E-state index is 3.61. The van der Waals surface area contributed by atoms with Gasteiger partial charge in [0.15, 0.2) is 0 Å². The van der Waals surface area contributed by atoms with Gasteiger partial charge >= 0.3 is 0 Å². The van der Waals surface area contributed by atoms with E-state index >= 15 is 0 Å². The number of benzene rings is 1. The Kier molecular flexibility index (Phi) is 7.58. The van der Waals surface area contributed by atoms with Crippen molar-refractivity contribution in [3.8, 4) is 0 Å². The average molecular weight is 373 g/mol. The van der Waals surface area contributed by atoms with Crippen LogP contribution in [0.2, 0.25) is 0 Å². The molecule has 0 aliphatic heterocycles. The van der Waals surface area contributed by atoms with Crippen molar-refractivity contribution in [3.05, 3.63) is 28.2 Å². The lowest BCUT2D eigenvalue weighted by molar-refractivity contribution is 0.424. The molecule has 1 atom stereocenters. The third-order valence-electron chi connectivity index (χ3n) is 3.64. The molecule has 0 saturated heterocycles. The lowest BCUT2D eigenvalue weighted by Gasteiger charge is -2.30. The van der Waals surface area contributed by atoms with Crippen LogP contribution in [0.15, 0.2) is 22.7 Å². The Morgan fingerprint density at radius 3 is 2.57 bits per heavy atom. The van der Waals surface area contributed by atoms with E-state index in [9.17, 15) is 0 Å². The van der Waals surface area contributed by atoms with E-state index in [0.29, 0.717) is 6.04 Å². The van der Waals surface area contributed by atoms with Crippen molar-refractivity contribution in [2.45, 2.75) is 52.2 Å². The predicted octanol–water partition coefficient (Wildman–Crippen LogP) is 4.92. The molecule has 0 heterocycles. The topological polar surface area (TPSA) is 15.3 Å². The second-order valence-electron chi connectivity index (χ2n) is 6.62. The van der Waals surface area contributed by atoms with E-state index in [1.165, 1.54) is 23.4 Å². The maximum absolute atomic E-state index is 3.61. The quantitative estimate of drug-likeness (QED) is 0.731. The SMILES string of the molecule is CSCCC(C)N(C)c1cc(Br)ccc1CNC(C)(C)C. The molecule has 1 unspecified atom stereocenters. The average Bonchev–Trinajstić information content (AvgIpc) is 2.41. The minimum Gasteiger partial charge on any atom is -0.372 e. The molecule has 0 aromatic heterocycles. The smallest absolute Gasteiger partial charge is 0.0422 e. The molecular formula is C17H29BrN2S. The fraction of sp³-hybridized carbons (Fsp3) is 0.647. The molecule has 2 nitrogen and oxygen atoms in total. The first kappa shape index (κ1) is 18.9. The maximum Gasteiger partial charge on any atom is 0.0422 e. The summed E-state index contributed by atoms with van der Waals surface area (Å²) in [7, 11) is 2.20. The molecular weight excluding hydrogens is 344 g/mol. The Hall–Kier alpha value is -0.190. The molecule has 0 amide bonds. The summed E-state index contributed by atoms with van der Waals surface area (Å²) in [4.78, 5) is 2.40. The summed E-state index contributed by atoms with van der Waals surface area (Å²) >= 11 is 5.52. The van der Waals surface area contributed by atoms with Crippen LogP contribution in [0.25, 0.3) is 0 Å². The van der Waals surface area contributed by atoms with Crippen molar-refractivity contribution in [3.63, 3.8) is 0 Å². The first-order chi connectivity index (χ1) is 9.74. The van der Waals surface area contributed by atoms with E-state index in [1.807, 2.05) is 11.8 Å². The van der Waals surface area contributed by atoms with E-state index in [2.05, 4.69) is 85.3 Å². The van der Waals surface area contributed by atoms with Gasteiger partial charge in [0.25, 0.3) is 0 Å². The fourth-order valence-electron chi connectivity index (χ4n) is 2.09. The van der Waals surface area contributed by atoms with Gasteiger partial charge in [0.2, 0.25) is 0 Å². The molecule has 0 radical (unpaired) electrons. The Labute approximate surface area is 143 Å². The van der Waals surface area contributed by atoms with Gasteiger partial charge in [-0.1, -0.05) is 22.0 Å². The number of rotatable bonds is 7. The first-order valence-electron chi connectivity index (χ1n) is 7.50. The molecule has 1 aromatic rings. The van der Waals surface area contributed by atoms with Gasteiger partial charge in [-0.15, -0.1) is 0 Å². The van der Waals surface area contributed by atoms with E-state index in [-0.39, 0.29) is 5.54 Å². The summed E-state index contributed by atoms with van der Waals surface area (Å²) in [5, 5.41) is 3.59. The normalized spacial score (nSPS) is 13.3. The molecule has 21 heavy (non-hydrogen) atoms. The number of hydrogen-bond acceptors (Lipinski definition) is 3. The molecule has 0 fully saturated rings. The van der Waals surface area contributed by atoms with Gasteiger partial charge in [0.05, 0.1) is 0 Å². The van der Waals surface area contributed by atoms with Crippen molar-refractivity contribution in [1.29, 1.82) is 0 Å². The molecule has 1 rings (SSSR count). The molecule has 1 N–H and O–H groups in total. The fourth-order valence-corrected chi connectivity index (χ4v) is 3.02. The van der Waals surface area contributed by atoms with Crippen LogP contribution in [0, 0.1) is 0 Å². The van der Waals surface area contributed by atoms with E-state index in [1.54, 1.807) is 0 Å². The van der Waals surface area contributed by atoms with E-state index in [4.69, 9.17) is 0 Å². The van der Waals surface area contributed by atoms with Crippen LogP contribution < -0.4 is 10.2 Å². The molecule has 0 aliphatic carbocycles. The standard InChI is InChI=1S/C17H29BrN2S/c1-13(9-10-21-6)20(5)16-11-15(18)8-7-14(16)12-19-17(2,3)4/h7-8,11,13,19H,9-10,12H2,1-6H3. The molecule has 4 heteroatoms. The molecule has 1 aromatic carbocycles. The summed E-state index contributed by atoms with van der Waals surface area (Å²) in [6, 6.07) is 7.12. The molecule has 0 bridgehead atoms. The zero-order valence-electron chi connectivity index (χ0n) is 14.2. The van der Waals surface area contributed by atoms with Gasteiger partial charge in [0.1, 0.15) is 0 Å². The summed E-state index contributed by atoms with van der Waals surface area (Å²) in [6.07, 6.45) is 3.38. The third-order valence-corrected chi connectivity index (χ3v) is 4.77. The number of nitrogens with one attached hydrogen (secondary N) is 1. The van der Waals surface area contributed by atoms with Crippen LogP contribution in [-0.2, 0) is 6.54 Å². The van der Waals surface area contributed by atoms with Crippen LogP contribution in [0.5, 0.6) is 0 Å². The molecule has 0 aliphatic rings. The van der Waals surface area contributed by atoms with Gasteiger partial charge in [-0.2, -0.15) is 11.8 Å². The number of hydrogen-bond donors (Lipinski definition) is 1.